The van der Waals surface area contributed by atoms with Crippen LogP contribution < -0.4 is 15.8 Å². The molecule has 0 aliphatic heterocycles. The number of nitrogens with zero attached hydrogens (tertiary/aromatic N) is 1. The summed E-state index contributed by atoms with van der Waals surface area (Å²) in [5.41, 5.74) is 7.53. The fourth-order valence-corrected chi connectivity index (χ4v) is 1.68. The Hall–Kier alpha value is -2.67. The number of nitrogen functional groups attached to an aromatic ring is 1. The number of ether oxygens (including phenoxy) is 1. The predicted octanol–water partition coefficient (Wildman–Crippen LogP) is 2.63. The Bertz CT molecular complexity index is 576. The van der Waals surface area contributed by atoms with Gasteiger partial charge in [0.2, 0.25) is 0 Å². The van der Waals surface area contributed by atoms with Gasteiger partial charge in [-0.2, -0.15) is 5.26 Å². The van der Waals surface area contributed by atoms with Gasteiger partial charge < -0.3 is 15.8 Å². The Morgan fingerprint density at radius 3 is 2.68 bits per heavy atom. The van der Waals surface area contributed by atoms with Crippen LogP contribution in [0, 0.1) is 11.3 Å². The summed E-state index contributed by atoms with van der Waals surface area (Å²) in [5.74, 6) is 0.835. The van der Waals surface area contributed by atoms with Crippen LogP contribution in [0.2, 0.25) is 0 Å². The van der Waals surface area contributed by atoms with Gasteiger partial charge in [-0.3, -0.25) is 0 Å². The molecule has 4 nitrogen and oxygen atoms in total. The van der Waals surface area contributed by atoms with Crippen molar-refractivity contribution in [3.63, 3.8) is 0 Å². The molecular weight excluding hydrogens is 238 g/mol. The Morgan fingerprint density at radius 1 is 1.16 bits per heavy atom. The van der Waals surface area contributed by atoms with Crippen LogP contribution in [0.1, 0.15) is 5.56 Å². The summed E-state index contributed by atoms with van der Waals surface area (Å²) < 4.78 is 5.55. The molecule has 0 spiro atoms. The third kappa shape index (κ3) is 3.65. The zero-order valence-electron chi connectivity index (χ0n) is 10.5. The molecule has 0 aliphatic carbocycles. The van der Waals surface area contributed by atoms with Gasteiger partial charge in [0.15, 0.2) is 0 Å². The minimum Gasteiger partial charge on any atom is -0.492 e. The molecular formula is C15H15N3O. The largest absolute Gasteiger partial charge is 0.492 e. The number of nitriles is 1. The van der Waals surface area contributed by atoms with Crippen LogP contribution in [-0.2, 0) is 0 Å². The van der Waals surface area contributed by atoms with Crippen LogP contribution in [0.25, 0.3) is 0 Å². The highest BCUT2D eigenvalue weighted by Crippen LogP contribution is 2.17. The second-order valence-electron chi connectivity index (χ2n) is 4.01. The molecule has 0 aliphatic rings. The summed E-state index contributed by atoms with van der Waals surface area (Å²) in [6, 6.07) is 16.9. The van der Waals surface area contributed by atoms with Crippen LogP contribution in [0.4, 0.5) is 11.4 Å². The molecule has 2 aromatic carbocycles. The molecule has 0 fully saturated rings. The van der Waals surface area contributed by atoms with Gasteiger partial charge in [0.25, 0.3) is 0 Å². The third-order valence-corrected chi connectivity index (χ3v) is 2.59. The van der Waals surface area contributed by atoms with Gasteiger partial charge in [0.05, 0.1) is 11.3 Å². The average molecular weight is 253 g/mol. The maximum absolute atomic E-state index is 9.00. The minimum atomic E-state index is 0.527. The lowest BCUT2D eigenvalue weighted by Crippen LogP contribution is -2.12. The molecule has 0 saturated carbocycles. The molecule has 0 saturated heterocycles. The summed E-state index contributed by atoms with van der Waals surface area (Å²) in [4.78, 5) is 0. The first kappa shape index (κ1) is 12.8. The number of nitrogens with one attached hydrogen (secondary N) is 1. The van der Waals surface area contributed by atoms with Crippen LogP contribution in [-0.4, -0.2) is 13.2 Å². The molecule has 3 N–H and O–H groups in total. The molecule has 0 bridgehead atoms. The van der Waals surface area contributed by atoms with Gasteiger partial charge in [-0.25, -0.2) is 0 Å². The molecule has 0 heterocycles. The number of rotatable bonds is 5. The summed E-state index contributed by atoms with van der Waals surface area (Å²) in [7, 11) is 0. The predicted molar refractivity (Wildman–Crippen MR) is 76.0 cm³/mol. The van der Waals surface area contributed by atoms with E-state index in [1.165, 1.54) is 0 Å². The number of nitrogens with two attached hydrogens (primary N) is 1. The van der Waals surface area contributed by atoms with Crippen molar-refractivity contribution in [3.8, 4) is 11.8 Å². The number of anilines is 2. The molecule has 0 aromatic heterocycles. The van der Waals surface area contributed by atoms with E-state index in [0.29, 0.717) is 24.4 Å². The Balaban J connectivity index is 1.85. The van der Waals surface area contributed by atoms with Gasteiger partial charge in [-0.05, 0) is 30.3 Å². The van der Waals surface area contributed by atoms with Crippen LogP contribution in [0.3, 0.4) is 0 Å². The molecule has 96 valence electrons. The Labute approximate surface area is 112 Å². The maximum Gasteiger partial charge on any atom is 0.119 e. The van der Waals surface area contributed by atoms with E-state index in [2.05, 4.69) is 11.4 Å². The number of para-hydroxylation sites is 1. The van der Waals surface area contributed by atoms with Crippen LogP contribution in [0.15, 0.2) is 48.5 Å². The quantitative estimate of drug-likeness (QED) is 0.634. The van der Waals surface area contributed by atoms with E-state index in [1.54, 1.807) is 18.2 Å². The molecule has 0 unspecified atom stereocenters. The van der Waals surface area contributed by atoms with Crippen molar-refractivity contribution in [2.24, 2.45) is 0 Å². The van der Waals surface area contributed by atoms with Crippen molar-refractivity contribution >= 4 is 11.4 Å². The Kier molecular flexibility index (Phi) is 4.25. The van der Waals surface area contributed by atoms with Crippen LogP contribution >= 0.6 is 0 Å². The lowest BCUT2D eigenvalue weighted by atomic mass is 10.2. The lowest BCUT2D eigenvalue weighted by molar-refractivity contribution is 0.333. The first-order valence-electron chi connectivity index (χ1n) is 6.01. The average Bonchev–Trinajstić information content (AvgIpc) is 2.46. The number of benzene rings is 2. The van der Waals surface area contributed by atoms with E-state index in [4.69, 9.17) is 15.7 Å². The highest BCUT2D eigenvalue weighted by atomic mass is 16.5. The third-order valence-electron chi connectivity index (χ3n) is 2.59. The van der Waals surface area contributed by atoms with E-state index >= 15 is 0 Å². The lowest BCUT2D eigenvalue weighted by Gasteiger charge is -2.10. The SMILES string of the molecule is N#Cc1cc(N)ccc1NCCOc1ccccc1. The fraction of sp³-hybridized carbons (Fsp3) is 0.133. The summed E-state index contributed by atoms with van der Waals surface area (Å²) >= 11 is 0. The summed E-state index contributed by atoms with van der Waals surface area (Å²) in [6.07, 6.45) is 0. The zero-order valence-corrected chi connectivity index (χ0v) is 10.5. The second kappa shape index (κ2) is 6.31. The van der Waals surface area contributed by atoms with Gasteiger partial charge >= 0.3 is 0 Å². The van der Waals surface area contributed by atoms with Crippen molar-refractivity contribution < 1.29 is 4.74 Å². The molecule has 0 atom stereocenters. The summed E-state index contributed by atoms with van der Waals surface area (Å²) in [6.45, 7) is 1.15. The zero-order chi connectivity index (χ0) is 13.5. The molecule has 4 heteroatoms. The minimum absolute atomic E-state index is 0.527. The van der Waals surface area contributed by atoms with E-state index in [9.17, 15) is 0 Å². The Morgan fingerprint density at radius 2 is 1.95 bits per heavy atom. The van der Waals surface area contributed by atoms with Crippen LogP contribution in [0.5, 0.6) is 5.75 Å². The van der Waals surface area contributed by atoms with E-state index < -0.39 is 0 Å². The van der Waals surface area contributed by atoms with Gasteiger partial charge in [0, 0.05) is 12.2 Å². The maximum atomic E-state index is 9.00. The van der Waals surface area contributed by atoms with Gasteiger partial charge in [-0.15, -0.1) is 0 Å². The number of hydrogen-bond acceptors (Lipinski definition) is 4. The molecule has 19 heavy (non-hydrogen) atoms. The van der Waals surface area contributed by atoms with Crippen molar-refractivity contribution in [2.45, 2.75) is 0 Å². The summed E-state index contributed by atoms with van der Waals surface area (Å²) in [5, 5.41) is 12.2. The number of hydrogen-bond donors (Lipinski definition) is 2. The first-order chi connectivity index (χ1) is 9.29. The molecule has 2 aromatic rings. The highest BCUT2D eigenvalue weighted by molar-refractivity contribution is 5.62. The van der Waals surface area contributed by atoms with Crippen molar-refractivity contribution in [1.29, 1.82) is 5.26 Å². The topological polar surface area (TPSA) is 71.1 Å². The van der Waals surface area contributed by atoms with Gasteiger partial charge in [0.1, 0.15) is 18.4 Å². The van der Waals surface area contributed by atoms with E-state index in [-0.39, 0.29) is 0 Å². The molecule has 2 rings (SSSR count). The van der Waals surface area contributed by atoms with E-state index in [1.807, 2.05) is 30.3 Å². The smallest absolute Gasteiger partial charge is 0.119 e. The van der Waals surface area contributed by atoms with Crippen molar-refractivity contribution in [2.75, 3.05) is 24.2 Å². The second-order valence-corrected chi connectivity index (χ2v) is 4.01. The van der Waals surface area contributed by atoms with Gasteiger partial charge in [-0.1, -0.05) is 18.2 Å². The first-order valence-corrected chi connectivity index (χ1v) is 6.01. The standard InChI is InChI=1S/C15H15N3O/c16-11-12-10-13(17)6-7-15(12)18-8-9-19-14-4-2-1-3-5-14/h1-7,10,18H,8-9,17H2. The van der Waals surface area contributed by atoms with E-state index in [0.717, 1.165) is 11.4 Å². The highest BCUT2D eigenvalue weighted by Gasteiger charge is 2.01. The fourth-order valence-electron chi connectivity index (χ4n) is 1.68. The monoisotopic (exact) mass is 253 g/mol. The molecule has 0 amide bonds. The van der Waals surface area contributed by atoms with Crippen molar-refractivity contribution in [3.05, 3.63) is 54.1 Å². The molecule has 0 radical (unpaired) electrons. The normalized spacial score (nSPS) is 9.63. The van der Waals surface area contributed by atoms with Crippen molar-refractivity contribution in [1.82, 2.24) is 0 Å².